The van der Waals surface area contributed by atoms with Gasteiger partial charge in [-0.05, 0) is 51.8 Å². The quantitative estimate of drug-likeness (QED) is 0.377. The summed E-state index contributed by atoms with van der Waals surface area (Å²) in [5, 5.41) is 5.31. The Morgan fingerprint density at radius 1 is 0.968 bits per heavy atom. The SMILES string of the molecule is COC(=O)[C@@H](Cc1cccc(I)c1)NC(=O)[C@H](NC(=O)OCc1ccccc1)C(C)C. The summed E-state index contributed by atoms with van der Waals surface area (Å²) in [6, 6.07) is 15.1. The average molecular weight is 538 g/mol. The Kier molecular flexibility index (Phi) is 9.77. The molecule has 2 aromatic carbocycles. The molecular weight excluding hydrogens is 511 g/mol. The van der Waals surface area contributed by atoms with Crippen LogP contribution in [0.2, 0.25) is 0 Å². The number of esters is 1. The number of amides is 2. The number of carbonyl (C=O) groups excluding carboxylic acids is 3. The lowest BCUT2D eigenvalue weighted by molar-refractivity contribution is -0.145. The molecule has 2 amide bonds. The van der Waals surface area contributed by atoms with E-state index in [-0.39, 0.29) is 18.9 Å². The normalized spacial score (nSPS) is 12.5. The molecule has 0 spiro atoms. The van der Waals surface area contributed by atoms with E-state index in [4.69, 9.17) is 9.47 Å². The molecule has 0 aliphatic carbocycles. The van der Waals surface area contributed by atoms with E-state index in [1.165, 1.54) is 7.11 Å². The Labute approximate surface area is 196 Å². The summed E-state index contributed by atoms with van der Waals surface area (Å²) in [4.78, 5) is 37.4. The Morgan fingerprint density at radius 2 is 1.65 bits per heavy atom. The van der Waals surface area contributed by atoms with Crippen LogP contribution in [-0.2, 0) is 32.1 Å². The Bertz CT molecular complexity index is 889. The monoisotopic (exact) mass is 538 g/mol. The molecule has 0 saturated carbocycles. The maximum absolute atomic E-state index is 12.9. The molecule has 0 aromatic heterocycles. The number of alkyl carbamates (subject to hydrolysis) is 1. The van der Waals surface area contributed by atoms with Crippen molar-refractivity contribution < 1.29 is 23.9 Å². The summed E-state index contributed by atoms with van der Waals surface area (Å²) in [6.07, 6.45) is -0.427. The van der Waals surface area contributed by atoms with Crippen LogP contribution in [0.1, 0.15) is 25.0 Å². The molecule has 2 rings (SSSR count). The summed E-state index contributed by atoms with van der Waals surface area (Å²) >= 11 is 2.18. The average Bonchev–Trinajstić information content (AvgIpc) is 2.75. The third-order valence-corrected chi connectivity index (χ3v) is 5.24. The summed E-state index contributed by atoms with van der Waals surface area (Å²) in [5.41, 5.74) is 1.73. The van der Waals surface area contributed by atoms with Crippen LogP contribution in [0.3, 0.4) is 0 Å². The number of halogens is 1. The van der Waals surface area contributed by atoms with E-state index in [2.05, 4.69) is 33.2 Å². The van der Waals surface area contributed by atoms with Crippen LogP contribution >= 0.6 is 22.6 Å². The molecule has 166 valence electrons. The Hall–Kier alpha value is -2.62. The fourth-order valence-corrected chi connectivity index (χ4v) is 3.53. The van der Waals surface area contributed by atoms with E-state index in [9.17, 15) is 14.4 Å². The van der Waals surface area contributed by atoms with Gasteiger partial charge < -0.3 is 20.1 Å². The molecule has 0 bridgehead atoms. The number of nitrogens with one attached hydrogen (secondary N) is 2. The summed E-state index contributed by atoms with van der Waals surface area (Å²) in [6.45, 7) is 3.69. The summed E-state index contributed by atoms with van der Waals surface area (Å²) < 4.78 is 11.1. The van der Waals surface area contributed by atoms with Gasteiger partial charge in [0.05, 0.1) is 7.11 Å². The number of hydrogen-bond acceptors (Lipinski definition) is 5. The molecule has 0 saturated heterocycles. The lowest BCUT2D eigenvalue weighted by Gasteiger charge is -2.24. The molecule has 2 atom stereocenters. The van der Waals surface area contributed by atoms with Gasteiger partial charge in [0.15, 0.2) is 0 Å². The topological polar surface area (TPSA) is 93.7 Å². The van der Waals surface area contributed by atoms with Crippen LogP contribution in [-0.4, -0.2) is 37.2 Å². The standard InChI is InChI=1S/C23H27IN2O5/c1-15(2)20(26-23(29)31-14-16-8-5-4-6-9-16)21(27)25-19(22(28)30-3)13-17-10-7-11-18(24)12-17/h4-12,15,19-20H,13-14H2,1-3H3,(H,25,27)(H,26,29)/t19-,20-/m1/s1. The molecule has 0 aliphatic rings. The van der Waals surface area contributed by atoms with Crippen molar-refractivity contribution in [3.05, 3.63) is 69.3 Å². The molecular formula is C23H27IN2O5. The molecule has 0 aliphatic heterocycles. The van der Waals surface area contributed by atoms with Gasteiger partial charge in [-0.25, -0.2) is 9.59 Å². The van der Waals surface area contributed by atoms with Gasteiger partial charge in [0.25, 0.3) is 0 Å². The van der Waals surface area contributed by atoms with Crippen LogP contribution in [0.25, 0.3) is 0 Å². The van der Waals surface area contributed by atoms with Gasteiger partial charge >= 0.3 is 12.1 Å². The minimum atomic E-state index is -0.876. The molecule has 0 fully saturated rings. The lowest BCUT2D eigenvalue weighted by atomic mass is 10.0. The van der Waals surface area contributed by atoms with E-state index >= 15 is 0 Å². The number of methoxy groups -OCH3 is 1. The first-order chi connectivity index (χ1) is 14.8. The van der Waals surface area contributed by atoms with Crippen LogP contribution in [0, 0.1) is 9.49 Å². The molecule has 0 heterocycles. The Balaban J connectivity index is 2.02. The Morgan fingerprint density at radius 3 is 2.26 bits per heavy atom. The van der Waals surface area contributed by atoms with Crippen molar-refractivity contribution in [2.24, 2.45) is 5.92 Å². The van der Waals surface area contributed by atoms with E-state index in [1.54, 1.807) is 13.8 Å². The van der Waals surface area contributed by atoms with Crippen molar-refractivity contribution in [1.29, 1.82) is 0 Å². The van der Waals surface area contributed by atoms with Crippen LogP contribution < -0.4 is 10.6 Å². The first kappa shape index (κ1) is 24.6. The second-order valence-corrected chi connectivity index (χ2v) is 8.59. The summed E-state index contributed by atoms with van der Waals surface area (Å²) in [5.74, 6) is -1.26. The molecule has 31 heavy (non-hydrogen) atoms. The van der Waals surface area contributed by atoms with E-state index in [1.807, 2.05) is 54.6 Å². The third kappa shape index (κ3) is 8.20. The fraction of sp³-hybridized carbons (Fsp3) is 0.348. The zero-order chi connectivity index (χ0) is 22.8. The highest BCUT2D eigenvalue weighted by Crippen LogP contribution is 2.12. The number of ether oxygens (including phenoxy) is 2. The minimum Gasteiger partial charge on any atom is -0.467 e. The molecule has 2 aromatic rings. The highest BCUT2D eigenvalue weighted by atomic mass is 127. The zero-order valence-electron chi connectivity index (χ0n) is 17.8. The van der Waals surface area contributed by atoms with Crippen molar-refractivity contribution in [3.8, 4) is 0 Å². The van der Waals surface area contributed by atoms with E-state index in [0.29, 0.717) is 0 Å². The van der Waals surface area contributed by atoms with E-state index in [0.717, 1.165) is 14.7 Å². The van der Waals surface area contributed by atoms with Crippen LogP contribution in [0.15, 0.2) is 54.6 Å². The number of benzene rings is 2. The van der Waals surface area contributed by atoms with Crippen LogP contribution in [0.5, 0.6) is 0 Å². The highest BCUT2D eigenvalue weighted by molar-refractivity contribution is 14.1. The summed E-state index contributed by atoms with van der Waals surface area (Å²) in [7, 11) is 1.27. The zero-order valence-corrected chi connectivity index (χ0v) is 19.9. The molecule has 2 N–H and O–H groups in total. The third-order valence-electron chi connectivity index (χ3n) is 4.57. The van der Waals surface area contributed by atoms with Gasteiger partial charge in [-0.3, -0.25) is 4.79 Å². The van der Waals surface area contributed by atoms with Crippen molar-refractivity contribution >= 4 is 40.6 Å². The predicted molar refractivity (Wildman–Crippen MR) is 125 cm³/mol. The van der Waals surface area contributed by atoms with Gasteiger partial charge in [0.1, 0.15) is 18.7 Å². The largest absolute Gasteiger partial charge is 0.467 e. The fourth-order valence-electron chi connectivity index (χ4n) is 2.92. The van der Waals surface area contributed by atoms with E-state index < -0.39 is 30.1 Å². The smallest absolute Gasteiger partial charge is 0.408 e. The van der Waals surface area contributed by atoms with Crippen molar-refractivity contribution in [1.82, 2.24) is 10.6 Å². The van der Waals surface area contributed by atoms with Gasteiger partial charge in [0.2, 0.25) is 5.91 Å². The number of carbonyl (C=O) groups is 3. The first-order valence-corrected chi connectivity index (χ1v) is 11.0. The molecule has 0 radical (unpaired) electrons. The number of rotatable bonds is 9. The van der Waals surface area contributed by atoms with Gasteiger partial charge in [-0.2, -0.15) is 0 Å². The van der Waals surface area contributed by atoms with Crippen LogP contribution in [0.4, 0.5) is 4.79 Å². The first-order valence-electron chi connectivity index (χ1n) is 9.90. The maximum Gasteiger partial charge on any atom is 0.408 e. The molecule has 7 nitrogen and oxygen atoms in total. The second-order valence-electron chi connectivity index (χ2n) is 7.35. The van der Waals surface area contributed by atoms with Gasteiger partial charge in [-0.15, -0.1) is 0 Å². The highest BCUT2D eigenvalue weighted by Gasteiger charge is 2.29. The minimum absolute atomic E-state index is 0.0938. The maximum atomic E-state index is 12.9. The lowest BCUT2D eigenvalue weighted by Crippen LogP contribution is -2.54. The van der Waals surface area contributed by atoms with Crippen molar-refractivity contribution in [2.75, 3.05) is 7.11 Å². The van der Waals surface area contributed by atoms with Gasteiger partial charge in [-0.1, -0.05) is 56.3 Å². The predicted octanol–water partition coefficient (Wildman–Crippen LogP) is 3.44. The van der Waals surface area contributed by atoms with Gasteiger partial charge in [0, 0.05) is 9.99 Å². The van der Waals surface area contributed by atoms with Crippen molar-refractivity contribution in [2.45, 2.75) is 39.0 Å². The molecule has 8 heteroatoms. The number of hydrogen-bond donors (Lipinski definition) is 2. The molecule has 0 unspecified atom stereocenters. The van der Waals surface area contributed by atoms with Crippen molar-refractivity contribution in [3.63, 3.8) is 0 Å². The second kappa shape index (κ2) is 12.3.